The molecule has 0 spiro atoms. The molecule has 0 aliphatic rings. The van der Waals surface area contributed by atoms with E-state index in [9.17, 15) is 4.79 Å². The summed E-state index contributed by atoms with van der Waals surface area (Å²) in [6, 6.07) is 52.7. The Balaban J connectivity index is 1.32. The molecule has 6 rings (SSSR count). The molecule has 0 unspecified atom stereocenters. The summed E-state index contributed by atoms with van der Waals surface area (Å²) in [5, 5.41) is 0. The molecule has 6 aromatic rings. The first kappa shape index (κ1) is 26.8. The van der Waals surface area contributed by atoms with E-state index in [4.69, 9.17) is 0 Å². The monoisotopic (exact) mass is 544 g/mol. The molecule has 0 fully saturated rings. The summed E-state index contributed by atoms with van der Waals surface area (Å²) >= 11 is 0. The van der Waals surface area contributed by atoms with Gasteiger partial charge in [0.1, 0.15) is 6.29 Å². The Morgan fingerprint density at radius 3 is 1.31 bits per heavy atom. The predicted octanol–water partition coefficient (Wildman–Crippen LogP) is 10.7. The van der Waals surface area contributed by atoms with E-state index in [1.54, 1.807) is 0 Å². The third-order valence-electron chi connectivity index (χ3n) is 7.51. The quantitative estimate of drug-likeness (QED) is 0.178. The van der Waals surface area contributed by atoms with Crippen molar-refractivity contribution in [1.82, 2.24) is 0 Å². The van der Waals surface area contributed by atoms with Crippen LogP contribution in [-0.4, -0.2) is 6.29 Å². The molecule has 0 aromatic heterocycles. The van der Waals surface area contributed by atoms with Crippen LogP contribution in [-0.2, 0) is 0 Å². The van der Waals surface area contributed by atoms with Gasteiger partial charge in [0.15, 0.2) is 0 Å². The topological polar surface area (TPSA) is 23.6 Å². The van der Waals surface area contributed by atoms with Gasteiger partial charge in [-0.15, -0.1) is 0 Å². The number of para-hydroxylation sites is 2. The molecule has 42 heavy (non-hydrogen) atoms. The maximum atomic E-state index is 11.4. The number of aryl methyl sites for hydroxylation is 2. The first-order valence-corrected chi connectivity index (χ1v) is 14.1. The number of hydrogen-bond acceptors (Lipinski definition) is 3. The lowest BCUT2D eigenvalue weighted by molar-refractivity contribution is 0.112. The minimum absolute atomic E-state index is 0.707. The molecule has 0 heterocycles. The molecule has 0 bridgehead atoms. The summed E-state index contributed by atoms with van der Waals surface area (Å²) in [6.45, 7) is 4.10. The number of carbonyl (C=O) groups excluding carboxylic acids is 1. The van der Waals surface area contributed by atoms with Gasteiger partial charge in [0.05, 0.1) is 0 Å². The number of benzene rings is 6. The van der Waals surface area contributed by atoms with Crippen LogP contribution in [0.3, 0.4) is 0 Å². The van der Waals surface area contributed by atoms with Crippen molar-refractivity contribution in [2.75, 3.05) is 9.80 Å². The van der Waals surface area contributed by atoms with E-state index in [1.807, 2.05) is 43.3 Å². The molecule has 0 atom stereocenters. The van der Waals surface area contributed by atoms with Crippen LogP contribution in [0.4, 0.5) is 34.1 Å². The molecule has 0 amide bonds. The number of carbonyl (C=O) groups is 1. The van der Waals surface area contributed by atoms with Crippen LogP contribution in [0.2, 0.25) is 0 Å². The lowest BCUT2D eigenvalue weighted by Crippen LogP contribution is -2.10. The van der Waals surface area contributed by atoms with Crippen LogP contribution in [0, 0.1) is 13.8 Å². The molecule has 0 aliphatic heterocycles. The largest absolute Gasteiger partial charge is 0.310 e. The van der Waals surface area contributed by atoms with Crippen molar-refractivity contribution in [1.29, 1.82) is 0 Å². The molecule has 6 aromatic carbocycles. The molecular formula is C39H32N2O. The smallest absolute Gasteiger partial charge is 0.150 e. The zero-order valence-electron chi connectivity index (χ0n) is 23.8. The van der Waals surface area contributed by atoms with Gasteiger partial charge in [-0.3, -0.25) is 4.79 Å². The highest BCUT2D eigenvalue weighted by molar-refractivity contribution is 5.83. The normalized spacial score (nSPS) is 10.7. The van der Waals surface area contributed by atoms with Crippen molar-refractivity contribution in [3.8, 4) is 11.1 Å². The Labute approximate surface area is 247 Å². The molecule has 0 aliphatic carbocycles. The maximum Gasteiger partial charge on any atom is 0.150 e. The van der Waals surface area contributed by atoms with E-state index in [-0.39, 0.29) is 0 Å². The molecular weight excluding hydrogens is 512 g/mol. The van der Waals surface area contributed by atoms with Gasteiger partial charge in [0, 0.05) is 39.7 Å². The second kappa shape index (κ2) is 12.0. The first-order chi connectivity index (χ1) is 20.6. The Bertz CT molecular complexity index is 1790. The fraction of sp³-hybridized carbons (Fsp3) is 0.0513. The molecule has 0 radical (unpaired) electrons. The van der Waals surface area contributed by atoms with Gasteiger partial charge in [-0.2, -0.15) is 0 Å². The highest BCUT2D eigenvalue weighted by atomic mass is 16.1. The number of hydrogen-bond donors (Lipinski definition) is 0. The minimum Gasteiger partial charge on any atom is -0.310 e. The first-order valence-electron chi connectivity index (χ1n) is 14.1. The Kier molecular flexibility index (Phi) is 7.65. The molecule has 0 N–H and O–H groups in total. The van der Waals surface area contributed by atoms with E-state index in [0.717, 1.165) is 57.1 Å². The van der Waals surface area contributed by atoms with Crippen molar-refractivity contribution in [3.63, 3.8) is 0 Å². The minimum atomic E-state index is 0.707. The van der Waals surface area contributed by atoms with Crippen molar-refractivity contribution in [3.05, 3.63) is 168 Å². The standard InChI is InChI=1S/C39H32N2O/c1-29-10-9-15-38(26-29)40(34-11-5-3-6-12-34)36-21-16-31(17-22-36)32-18-23-37(24-19-32)41(35-13-7-4-8-14-35)39-25-20-33(28-42)30(2)27-39/h3-28H,1-2H3. The van der Waals surface area contributed by atoms with Crippen LogP contribution < -0.4 is 9.80 Å². The second-order valence-corrected chi connectivity index (χ2v) is 10.4. The Morgan fingerprint density at radius 2 is 0.857 bits per heavy atom. The summed E-state index contributed by atoms with van der Waals surface area (Å²) in [5.41, 5.74) is 11.7. The Hall–Kier alpha value is -5.41. The van der Waals surface area contributed by atoms with Gasteiger partial charge < -0.3 is 9.80 Å². The van der Waals surface area contributed by atoms with Crippen LogP contribution in [0.25, 0.3) is 11.1 Å². The SMILES string of the molecule is Cc1cccc(N(c2ccccc2)c2ccc(-c3ccc(N(c4ccccc4)c4ccc(C=O)c(C)c4)cc3)cc2)c1. The summed E-state index contributed by atoms with van der Waals surface area (Å²) in [4.78, 5) is 15.9. The average Bonchev–Trinajstić information content (AvgIpc) is 3.03. The second-order valence-electron chi connectivity index (χ2n) is 10.4. The molecule has 0 saturated carbocycles. The number of anilines is 6. The molecule has 204 valence electrons. The zero-order valence-corrected chi connectivity index (χ0v) is 23.8. The Morgan fingerprint density at radius 1 is 0.429 bits per heavy atom. The van der Waals surface area contributed by atoms with Gasteiger partial charge in [0.2, 0.25) is 0 Å². The summed E-state index contributed by atoms with van der Waals surface area (Å²) in [6.07, 6.45) is 0.909. The van der Waals surface area contributed by atoms with Gasteiger partial charge in [0.25, 0.3) is 0 Å². The van der Waals surface area contributed by atoms with E-state index < -0.39 is 0 Å². The zero-order chi connectivity index (χ0) is 28.9. The van der Waals surface area contributed by atoms with E-state index in [0.29, 0.717) is 5.56 Å². The van der Waals surface area contributed by atoms with E-state index in [2.05, 4.69) is 132 Å². The summed E-state index contributed by atoms with van der Waals surface area (Å²) < 4.78 is 0. The van der Waals surface area contributed by atoms with Gasteiger partial charge in [-0.05, 0) is 115 Å². The maximum absolute atomic E-state index is 11.4. The van der Waals surface area contributed by atoms with Crippen molar-refractivity contribution >= 4 is 40.4 Å². The van der Waals surface area contributed by atoms with Crippen LogP contribution in [0.5, 0.6) is 0 Å². The van der Waals surface area contributed by atoms with Crippen molar-refractivity contribution in [2.24, 2.45) is 0 Å². The number of aldehydes is 1. The molecule has 0 saturated heterocycles. The summed E-state index contributed by atoms with van der Waals surface area (Å²) in [5.74, 6) is 0. The summed E-state index contributed by atoms with van der Waals surface area (Å²) in [7, 11) is 0. The fourth-order valence-electron chi connectivity index (χ4n) is 5.35. The van der Waals surface area contributed by atoms with Crippen molar-refractivity contribution in [2.45, 2.75) is 13.8 Å². The third kappa shape index (κ3) is 5.59. The van der Waals surface area contributed by atoms with E-state index in [1.165, 1.54) is 5.56 Å². The average molecular weight is 545 g/mol. The van der Waals surface area contributed by atoms with Gasteiger partial charge in [-0.1, -0.05) is 72.8 Å². The third-order valence-corrected chi connectivity index (χ3v) is 7.51. The number of nitrogens with zero attached hydrogens (tertiary/aromatic N) is 2. The number of rotatable bonds is 8. The lowest BCUT2D eigenvalue weighted by atomic mass is 10.0. The highest BCUT2D eigenvalue weighted by Gasteiger charge is 2.15. The van der Waals surface area contributed by atoms with Crippen LogP contribution >= 0.6 is 0 Å². The van der Waals surface area contributed by atoms with Gasteiger partial charge >= 0.3 is 0 Å². The van der Waals surface area contributed by atoms with Crippen molar-refractivity contribution < 1.29 is 4.79 Å². The van der Waals surface area contributed by atoms with E-state index >= 15 is 0 Å². The molecule has 3 heteroatoms. The molecule has 3 nitrogen and oxygen atoms in total. The highest BCUT2D eigenvalue weighted by Crippen LogP contribution is 2.38. The fourth-order valence-corrected chi connectivity index (χ4v) is 5.35. The lowest BCUT2D eigenvalue weighted by Gasteiger charge is -2.26. The predicted molar refractivity (Wildman–Crippen MR) is 176 cm³/mol. The van der Waals surface area contributed by atoms with Crippen LogP contribution in [0.15, 0.2) is 152 Å². The van der Waals surface area contributed by atoms with Crippen LogP contribution in [0.1, 0.15) is 21.5 Å². The van der Waals surface area contributed by atoms with Gasteiger partial charge in [-0.25, -0.2) is 0 Å².